The van der Waals surface area contributed by atoms with Gasteiger partial charge in [0.25, 0.3) is 10.0 Å². The lowest BCUT2D eigenvalue weighted by Gasteiger charge is -2.11. The minimum atomic E-state index is -4.09. The number of rotatable bonds is 4. The molecule has 8 heteroatoms. The first kappa shape index (κ1) is 14.2. The fraction of sp³-hybridized carbons (Fsp3) is 0.0833. The predicted octanol–water partition coefficient (Wildman–Crippen LogP) is 2.17. The molecule has 0 amide bonds. The maximum Gasteiger partial charge on any atom is 0.267 e. The third-order valence-electron chi connectivity index (χ3n) is 2.39. The first-order valence-corrected chi connectivity index (χ1v) is 6.89. The Kier molecular flexibility index (Phi) is 3.84. The highest BCUT2D eigenvalue weighted by Crippen LogP contribution is 2.24. The van der Waals surface area contributed by atoms with E-state index in [2.05, 4.69) is 4.98 Å². The summed E-state index contributed by atoms with van der Waals surface area (Å²) in [4.78, 5) is 3.50. The molecule has 1 aromatic heterocycles. The molecule has 1 N–H and O–H groups in total. The fourth-order valence-corrected chi connectivity index (χ4v) is 2.69. The van der Waals surface area contributed by atoms with Gasteiger partial charge in [0.15, 0.2) is 0 Å². The molecule has 106 valence electrons. The molecule has 1 aromatic carbocycles. The molecule has 2 rings (SSSR count). The summed E-state index contributed by atoms with van der Waals surface area (Å²) in [6.45, 7) is 0. The van der Waals surface area contributed by atoms with Gasteiger partial charge in [-0.15, -0.1) is 0 Å². The molecule has 20 heavy (non-hydrogen) atoms. The monoisotopic (exact) mass is 300 g/mol. The van der Waals surface area contributed by atoms with Crippen LogP contribution < -0.4 is 9.46 Å². The first-order chi connectivity index (χ1) is 9.44. The maximum absolute atomic E-state index is 13.5. The second-order valence-corrected chi connectivity index (χ2v) is 5.39. The molecule has 0 atom stereocenters. The fourth-order valence-electron chi connectivity index (χ4n) is 1.51. The zero-order valence-electron chi connectivity index (χ0n) is 10.3. The Morgan fingerprint density at radius 1 is 1.25 bits per heavy atom. The molecule has 0 aliphatic carbocycles. The van der Waals surface area contributed by atoms with E-state index in [1.54, 1.807) is 0 Å². The van der Waals surface area contributed by atoms with Gasteiger partial charge in [-0.3, -0.25) is 4.72 Å². The van der Waals surface area contributed by atoms with E-state index in [0.29, 0.717) is 6.07 Å². The van der Waals surface area contributed by atoms with Crippen molar-refractivity contribution in [3.63, 3.8) is 0 Å². The molecule has 2 aromatic rings. The van der Waals surface area contributed by atoms with Gasteiger partial charge in [0.2, 0.25) is 5.88 Å². The number of hydrogen-bond acceptors (Lipinski definition) is 4. The van der Waals surface area contributed by atoms with E-state index in [9.17, 15) is 17.2 Å². The Morgan fingerprint density at radius 3 is 2.65 bits per heavy atom. The lowest BCUT2D eigenvalue weighted by atomic mass is 10.3. The van der Waals surface area contributed by atoms with Crippen molar-refractivity contribution in [2.24, 2.45) is 0 Å². The van der Waals surface area contributed by atoms with Crippen molar-refractivity contribution in [2.45, 2.75) is 4.90 Å². The lowest BCUT2D eigenvalue weighted by molar-refractivity contribution is 0.385. The summed E-state index contributed by atoms with van der Waals surface area (Å²) in [6.07, 6.45) is 1.36. The highest BCUT2D eigenvalue weighted by atomic mass is 32.2. The van der Waals surface area contributed by atoms with E-state index in [1.165, 1.54) is 25.4 Å². The van der Waals surface area contributed by atoms with Gasteiger partial charge in [-0.1, -0.05) is 0 Å². The number of halogens is 2. The van der Waals surface area contributed by atoms with Crippen LogP contribution >= 0.6 is 0 Å². The summed E-state index contributed by atoms with van der Waals surface area (Å²) >= 11 is 0. The number of aromatic nitrogens is 1. The zero-order chi connectivity index (χ0) is 14.8. The van der Waals surface area contributed by atoms with E-state index in [0.717, 1.165) is 12.1 Å². The number of anilines is 1. The van der Waals surface area contributed by atoms with Crippen LogP contribution in [0.4, 0.5) is 14.5 Å². The summed E-state index contributed by atoms with van der Waals surface area (Å²) in [5.41, 5.74) is -0.364. The Bertz CT molecular complexity index is 735. The van der Waals surface area contributed by atoms with Gasteiger partial charge >= 0.3 is 0 Å². The van der Waals surface area contributed by atoms with Gasteiger partial charge < -0.3 is 4.74 Å². The number of methoxy groups -OCH3 is 1. The van der Waals surface area contributed by atoms with E-state index < -0.39 is 21.7 Å². The SMILES string of the molecule is COc1ncccc1S(=O)(=O)Nc1ccc(F)cc1F. The van der Waals surface area contributed by atoms with E-state index in [1.807, 2.05) is 4.72 Å². The molecule has 0 radical (unpaired) electrons. The Hall–Kier alpha value is -2.22. The predicted molar refractivity (Wildman–Crippen MR) is 68.0 cm³/mol. The van der Waals surface area contributed by atoms with Gasteiger partial charge in [-0.05, 0) is 24.3 Å². The molecule has 5 nitrogen and oxygen atoms in total. The summed E-state index contributed by atoms with van der Waals surface area (Å²) in [5.74, 6) is -1.94. The summed E-state index contributed by atoms with van der Waals surface area (Å²) < 4.78 is 57.3. The number of sulfonamides is 1. The van der Waals surface area contributed by atoms with Crippen LogP contribution in [0.1, 0.15) is 0 Å². The Morgan fingerprint density at radius 2 is 2.00 bits per heavy atom. The van der Waals surface area contributed by atoms with Gasteiger partial charge in [0.1, 0.15) is 16.5 Å². The van der Waals surface area contributed by atoms with E-state index >= 15 is 0 Å². The molecule has 0 spiro atoms. The third kappa shape index (κ3) is 2.85. The van der Waals surface area contributed by atoms with E-state index in [-0.39, 0.29) is 16.5 Å². The molecule has 0 fully saturated rings. The second-order valence-electron chi connectivity index (χ2n) is 3.74. The average Bonchev–Trinajstić information content (AvgIpc) is 2.42. The number of nitrogens with one attached hydrogen (secondary N) is 1. The highest BCUT2D eigenvalue weighted by molar-refractivity contribution is 7.92. The first-order valence-electron chi connectivity index (χ1n) is 5.41. The van der Waals surface area contributed by atoms with Crippen LogP contribution in [-0.2, 0) is 10.0 Å². The topological polar surface area (TPSA) is 68.3 Å². The molecular weight excluding hydrogens is 290 g/mol. The number of pyridine rings is 1. The summed E-state index contributed by atoms with van der Waals surface area (Å²) in [7, 11) is -2.83. The van der Waals surface area contributed by atoms with Gasteiger partial charge in [0.05, 0.1) is 12.8 Å². The molecule has 0 saturated heterocycles. The number of benzene rings is 1. The second kappa shape index (κ2) is 5.41. The molecule has 1 heterocycles. The molecule has 0 saturated carbocycles. The minimum absolute atomic E-state index is 0.123. The molecule has 0 bridgehead atoms. The van der Waals surface area contributed by atoms with Gasteiger partial charge in [-0.25, -0.2) is 22.2 Å². The quantitative estimate of drug-likeness (QED) is 0.939. The molecular formula is C12H10F2N2O3S. The summed E-state index contributed by atoms with van der Waals surface area (Å²) in [6, 6.07) is 5.18. The van der Waals surface area contributed by atoms with Crippen LogP contribution in [0.3, 0.4) is 0 Å². The normalized spacial score (nSPS) is 11.2. The van der Waals surface area contributed by atoms with Crippen LogP contribution in [-0.4, -0.2) is 20.5 Å². The van der Waals surface area contributed by atoms with Crippen LogP contribution in [0, 0.1) is 11.6 Å². The van der Waals surface area contributed by atoms with Crippen LogP contribution in [0.25, 0.3) is 0 Å². The zero-order valence-corrected chi connectivity index (χ0v) is 11.1. The molecule has 0 unspecified atom stereocenters. The summed E-state index contributed by atoms with van der Waals surface area (Å²) in [5, 5.41) is 0. The van der Waals surface area contributed by atoms with Gasteiger partial charge in [-0.2, -0.15) is 0 Å². The minimum Gasteiger partial charge on any atom is -0.480 e. The van der Waals surface area contributed by atoms with Crippen LogP contribution in [0.15, 0.2) is 41.4 Å². The third-order valence-corrected chi connectivity index (χ3v) is 3.77. The smallest absolute Gasteiger partial charge is 0.267 e. The van der Waals surface area contributed by atoms with E-state index in [4.69, 9.17) is 4.74 Å². The number of nitrogens with zero attached hydrogens (tertiary/aromatic N) is 1. The number of hydrogen-bond donors (Lipinski definition) is 1. The van der Waals surface area contributed by atoms with Crippen molar-refractivity contribution in [1.29, 1.82) is 0 Å². The molecule has 0 aliphatic rings. The standard InChI is InChI=1S/C12H10F2N2O3S/c1-19-12-11(3-2-6-15-12)20(17,18)16-10-5-4-8(13)7-9(10)14/h2-7,16H,1H3. The maximum atomic E-state index is 13.5. The number of ether oxygens (including phenoxy) is 1. The van der Waals surface area contributed by atoms with Crippen molar-refractivity contribution >= 4 is 15.7 Å². The lowest BCUT2D eigenvalue weighted by Crippen LogP contribution is -2.15. The van der Waals surface area contributed by atoms with Crippen molar-refractivity contribution in [3.05, 3.63) is 48.2 Å². The average molecular weight is 300 g/mol. The Balaban J connectivity index is 2.41. The largest absolute Gasteiger partial charge is 0.480 e. The Labute approximate surface area is 114 Å². The van der Waals surface area contributed by atoms with Crippen LogP contribution in [0.2, 0.25) is 0 Å². The van der Waals surface area contributed by atoms with Crippen molar-refractivity contribution < 1.29 is 21.9 Å². The van der Waals surface area contributed by atoms with Crippen molar-refractivity contribution in [2.75, 3.05) is 11.8 Å². The highest BCUT2D eigenvalue weighted by Gasteiger charge is 2.21. The van der Waals surface area contributed by atoms with Crippen molar-refractivity contribution in [3.8, 4) is 5.88 Å². The van der Waals surface area contributed by atoms with Crippen LogP contribution in [0.5, 0.6) is 5.88 Å². The van der Waals surface area contributed by atoms with Gasteiger partial charge in [0, 0.05) is 12.3 Å². The molecule has 0 aliphatic heterocycles. The van der Waals surface area contributed by atoms with Crippen molar-refractivity contribution in [1.82, 2.24) is 4.98 Å².